The van der Waals surface area contributed by atoms with E-state index in [0.717, 1.165) is 24.9 Å². The molecule has 92 valence electrons. The van der Waals surface area contributed by atoms with Crippen LogP contribution in [0.3, 0.4) is 0 Å². The average Bonchev–Trinajstić information content (AvgIpc) is 2.38. The van der Waals surface area contributed by atoms with Crippen molar-refractivity contribution in [2.75, 3.05) is 13.1 Å². The fourth-order valence-electron chi connectivity index (χ4n) is 2.51. The lowest BCUT2D eigenvalue weighted by atomic mass is 9.99. The monoisotopic (exact) mass is 233 g/mol. The Hall–Kier alpha value is -1.35. The van der Waals surface area contributed by atoms with Crippen LogP contribution in [-0.2, 0) is 4.79 Å². The molecule has 1 fully saturated rings. The Bertz CT molecular complexity index is 355. The number of aromatic hydroxyl groups is 1. The van der Waals surface area contributed by atoms with Crippen LogP contribution < -0.4 is 0 Å². The van der Waals surface area contributed by atoms with E-state index in [0.29, 0.717) is 6.42 Å². The molecule has 1 unspecified atom stereocenters. The van der Waals surface area contributed by atoms with E-state index < -0.39 is 0 Å². The molecular weight excluding hydrogens is 214 g/mol. The molecule has 1 aromatic rings. The molecule has 0 radical (unpaired) electrons. The Balaban J connectivity index is 2.15. The predicted octanol–water partition coefficient (Wildman–Crippen LogP) is 2.51. The van der Waals surface area contributed by atoms with Crippen LogP contribution in [0.5, 0.6) is 5.75 Å². The second-order valence-electron chi connectivity index (χ2n) is 4.61. The molecule has 3 nitrogen and oxygen atoms in total. The van der Waals surface area contributed by atoms with Crippen LogP contribution in [0.25, 0.3) is 0 Å². The Morgan fingerprint density at radius 1 is 1.18 bits per heavy atom. The van der Waals surface area contributed by atoms with E-state index in [2.05, 4.69) is 4.90 Å². The molecule has 3 heteroatoms. The van der Waals surface area contributed by atoms with Crippen molar-refractivity contribution in [1.82, 2.24) is 4.90 Å². The third-order valence-electron chi connectivity index (χ3n) is 3.43. The van der Waals surface area contributed by atoms with E-state index >= 15 is 0 Å². The molecule has 1 heterocycles. The summed E-state index contributed by atoms with van der Waals surface area (Å²) in [6.07, 6.45) is 5.25. The van der Waals surface area contributed by atoms with Crippen LogP contribution >= 0.6 is 0 Å². The van der Waals surface area contributed by atoms with E-state index in [1.54, 1.807) is 12.1 Å². The summed E-state index contributed by atoms with van der Waals surface area (Å²) in [4.78, 5) is 13.2. The number of rotatable bonds is 4. The number of hydrogen-bond acceptors (Lipinski definition) is 3. The van der Waals surface area contributed by atoms with Crippen molar-refractivity contribution in [1.29, 1.82) is 0 Å². The highest BCUT2D eigenvalue weighted by molar-refractivity contribution is 5.51. The van der Waals surface area contributed by atoms with Crippen molar-refractivity contribution in [3.8, 4) is 5.75 Å². The third-order valence-corrected chi connectivity index (χ3v) is 3.43. The molecule has 17 heavy (non-hydrogen) atoms. The van der Waals surface area contributed by atoms with Gasteiger partial charge in [-0.1, -0.05) is 18.6 Å². The molecule has 2 rings (SSSR count). The topological polar surface area (TPSA) is 40.5 Å². The fourth-order valence-corrected chi connectivity index (χ4v) is 2.51. The van der Waals surface area contributed by atoms with Crippen molar-refractivity contribution in [2.45, 2.75) is 31.7 Å². The van der Waals surface area contributed by atoms with Gasteiger partial charge >= 0.3 is 0 Å². The molecule has 1 aromatic carbocycles. The minimum absolute atomic E-state index is 0.174. The summed E-state index contributed by atoms with van der Waals surface area (Å²) < 4.78 is 0. The van der Waals surface area contributed by atoms with Gasteiger partial charge in [0.1, 0.15) is 12.0 Å². The summed E-state index contributed by atoms with van der Waals surface area (Å²) in [5.41, 5.74) is 1.12. The number of phenols is 1. The van der Waals surface area contributed by atoms with Crippen molar-refractivity contribution in [3.05, 3.63) is 29.8 Å². The highest BCUT2D eigenvalue weighted by atomic mass is 16.3. The molecule has 1 atom stereocenters. The first-order valence-corrected chi connectivity index (χ1v) is 6.28. The number of aldehydes is 1. The number of carbonyl (C=O) groups excluding carboxylic acids is 1. The maximum absolute atomic E-state index is 10.8. The molecule has 1 saturated heterocycles. The first-order chi connectivity index (χ1) is 8.31. The second-order valence-corrected chi connectivity index (χ2v) is 4.61. The van der Waals surface area contributed by atoms with Crippen LogP contribution in [0.15, 0.2) is 24.3 Å². The molecule has 1 aliphatic rings. The standard InChI is InChI=1S/C14H19NO2/c16-11-8-14(15-9-2-1-3-10-15)12-4-6-13(17)7-5-12/h4-7,11,14,17H,1-3,8-10H2. The normalized spacial score (nSPS) is 18.8. The molecule has 0 aromatic heterocycles. The van der Waals surface area contributed by atoms with E-state index in [9.17, 15) is 9.90 Å². The molecule has 0 amide bonds. The minimum Gasteiger partial charge on any atom is -0.508 e. The maximum Gasteiger partial charge on any atom is 0.121 e. The lowest BCUT2D eigenvalue weighted by Crippen LogP contribution is -2.34. The summed E-state index contributed by atoms with van der Waals surface area (Å²) in [5, 5.41) is 9.30. The Morgan fingerprint density at radius 2 is 1.82 bits per heavy atom. The van der Waals surface area contributed by atoms with Gasteiger partial charge in [-0.2, -0.15) is 0 Å². The molecule has 0 saturated carbocycles. The highest BCUT2D eigenvalue weighted by Crippen LogP contribution is 2.27. The van der Waals surface area contributed by atoms with Gasteiger partial charge in [-0.25, -0.2) is 0 Å². The number of hydrogen-bond donors (Lipinski definition) is 1. The quantitative estimate of drug-likeness (QED) is 0.812. The van der Waals surface area contributed by atoms with E-state index in [1.807, 2.05) is 12.1 Å². The first kappa shape index (κ1) is 12.1. The lowest BCUT2D eigenvalue weighted by molar-refractivity contribution is -0.109. The number of carbonyl (C=O) groups is 1. The van der Waals surface area contributed by atoms with Crippen molar-refractivity contribution in [2.24, 2.45) is 0 Å². The molecule has 1 N–H and O–H groups in total. The fraction of sp³-hybridized carbons (Fsp3) is 0.500. The minimum atomic E-state index is 0.174. The Kier molecular flexibility index (Phi) is 4.15. The van der Waals surface area contributed by atoms with Gasteiger partial charge in [0, 0.05) is 12.5 Å². The van der Waals surface area contributed by atoms with E-state index in [1.165, 1.54) is 19.3 Å². The van der Waals surface area contributed by atoms with Crippen molar-refractivity contribution < 1.29 is 9.90 Å². The molecular formula is C14H19NO2. The summed E-state index contributed by atoms with van der Waals surface area (Å²) >= 11 is 0. The zero-order chi connectivity index (χ0) is 12.1. The van der Waals surface area contributed by atoms with Crippen molar-refractivity contribution >= 4 is 6.29 Å². The Labute approximate surface area is 102 Å². The van der Waals surface area contributed by atoms with Crippen LogP contribution in [0.1, 0.15) is 37.3 Å². The molecule has 0 bridgehead atoms. The number of piperidine rings is 1. The molecule has 1 aliphatic heterocycles. The van der Waals surface area contributed by atoms with Gasteiger partial charge in [-0.05, 0) is 43.6 Å². The summed E-state index contributed by atoms with van der Waals surface area (Å²) in [5.74, 6) is 0.275. The van der Waals surface area contributed by atoms with Gasteiger partial charge in [0.05, 0.1) is 0 Å². The zero-order valence-electron chi connectivity index (χ0n) is 10.0. The smallest absolute Gasteiger partial charge is 0.121 e. The molecule has 0 spiro atoms. The van der Waals surface area contributed by atoms with Gasteiger partial charge in [0.2, 0.25) is 0 Å². The maximum atomic E-state index is 10.8. The number of likely N-dealkylation sites (tertiary alicyclic amines) is 1. The van der Waals surface area contributed by atoms with Crippen LogP contribution in [0, 0.1) is 0 Å². The zero-order valence-corrected chi connectivity index (χ0v) is 10.0. The van der Waals surface area contributed by atoms with Gasteiger partial charge in [-0.3, -0.25) is 4.90 Å². The van der Waals surface area contributed by atoms with Crippen LogP contribution in [-0.4, -0.2) is 29.4 Å². The average molecular weight is 233 g/mol. The van der Waals surface area contributed by atoms with Gasteiger partial charge in [0.15, 0.2) is 0 Å². The number of benzene rings is 1. The largest absolute Gasteiger partial charge is 0.508 e. The highest BCUT2D eigenvalue weighted by Gasteiger charge is 2.21. The predicted molar refractivity (Wildman–Crippen MR) is 67.0 cm³/mol. The SMILES string of the molecule is O=CCC(c1ccc(O)cc1)N1CCCCC1. The third kappa shape index (κ3) is 3.07. The van der Waals surface area contributed by atoms with E-state index in [-0.39, 0.29) is 11.8 Å². The summed E-state index contributed by atoms with van der Waals surface area (Å²) in [6, 6.07) is 7.39. The second kappa shape index (κ2) is 5.82. The lowest BCUT2D eigenvalue weighted by Gasteiger charge is -2.34. The van der Waals surface area contributed by atoms with E-state index in [4.69, 9.17) is 0 Å². The Morgan fingerprint density at radius 3 is 2.41 bits per heavy atom. The van der Waals surface area contributed by atoms with Gasteiger partial charge in [0.25, 0.3) is 0 Å². The van der Waals surface area contributed by atoms with Gasteiger partial charge in [-0.15, -0.1) is 0 Å². The van der Waals surface area contributed by atoms with Gasteiger partial charge < -0.3 is 9.90 Å². The summed E-state index contributed by atoms with van der Waals surface area (Å²) in [6.45, 7) is 2.14. The van der Waals surface area contributed by atoms with Crippen molar-refractivity contribution in [3.63, 3.8) is 0 Å². The number of phenolic OH excluding ortho intramolecular Hbond substituents is 1. The summed E-state index contributed by atoms with van der Waals surface area (Å²) in [7, 11) is 0. The molecule has 0 aliphatic carbocycles. The van der Waals surface area contributed by atoms with Crippen LogP contribution in [0.4, 0.5) is 0 Å². The number of nitrogens with zero attached hydrogens (tertiary/aromatic N) is 1. The first-order valence-electron chi connectivity index (χ1n) is 6.28. The van der Waals surface area contributed by atoms with Crippen LogP contribution in [0.2, 0.25) is 0 Å².